The molecule has 0 bridgehead atoms. The molecule has 0 amide bonds. The van der Waals surface area contributed by atoms with Crippen LogP contribution < -0.4 is 14.8 Å². The number of carbonyl (C=O) groups is 1. The molecule has 0 saturated carbocycles. The SMILES string of the molecule is COc1cc2ncnc(Nc3ccc(Oc4cccc(CC(=O)O)c4)cc3F)c2cc1[N+](=O)[O-]. The van der Waals surface area contributed by atoms with Gasteiger partial charge in [0.05, 0.1) is 35.0 Å². The van der Waals surface area contributed by atoms with Gasteiger partial charge in [-0.05, 0) is 29.8 Å². The van der Waals surface area contributed by atoms with Crippen molar-refractivity contribution in [1.82, 2.24) is 9.97 Å². The van der Waals surface area contributed by atoms with Crippen LogP contribution in [0.25, 0.3) is 10.9 Å². The predicted octanol–water partition coefficient (Wildman–Crippen LogP) is 4.85. The molecular weight excluding hydrogens is 447 g/mol. The van der Waals surface area contributed by atoms with Gasteiger partial charge in [-0.15, -0.1) is 0 Å². The van der Waals surface area contributed by atoms with Crippen LogP contribution in [0.1, 0.15) is 5.56 Å². The van der Waals surface area contributed by atoms with Crippen molar-refractivity contribution in [3.05, 3.63) is 82.4 Å². The van der Waals surface area contributed by atoms with Gasteiger partial charge in [0.2, 0.25) is 0 Å². The number of aliphatic carboxylic acids is 1. The maximum absolute atomic E-state index is 14.8. The number of halogens is 1. The largest absolute Gasteiger partial charge is 0.490 e. The molecule has 2 N–H and O–H groups in total. The van der Waals surface area contributed by atoms with E-state index >= 15 is 0 Å². The molecule has 11 heteroatoms. The fourth-order valence-electron chi connectivity index (χ4n) is 3.30. The Kier molecular flexibility index (Phi) is 6.17. The lowest BCUT2D eigenvalue weighted by Gasteiger charge is -2.12. The minimum Gasteiger partial charge on any atom is -0.490 e. The number of anilines is 2. The van der Waals surface area contributed by atoms with Gasteiger partial charge in [-0.3, -0.25) is 14.9 Å². The number of carboxylic acid groups (broad SMARTS) is 1. The van der Waals surface area contributed by atoms with Crippen LogP contribution in [0.4, 0.5) is 21.6 Å². The standard InChI is InChI=1S/C23H17FN4O6/c1-33-21-11-19-16(10-20(21)28(31)32)23(26-12-25-19)27-18-6-5-15(9-17(18)24)34-14-4-2-3-13(7-14)8-22(29)30/h2-7,9-12H,8H2,1H3,(H,29,30)(H,25,26,27). The van der Waals surface area contributed by atoms with Crippen LogP contribution in [0.5, 0.6) is 17.2 Å². The molecular formula is C23H17FN4O6. The molecule has 0 aliphatic rings. The van der Waals surface area contributed by atoms with E-state index in [0.717, 1.165) is 6.07 Å². The summed E-state index contributed by atoms with van der Waals surface area (Å²) in [5.41, 5.74) is 0.708. The van der Waals surface area contributed by atoms with Crippen molar-refractivity contribution in [2.24, 2.45) is 0 Å². The van der Waals surface area contributed by atoms with Crippen LogP contribution in [-0.2, 0) is 11.2 Å². The molecule has 0 saturated heterocycles. The Morgan fingerprint density at radius 2 is 1.94 bits per heavy atom. The number of methoxy groups -OCH3 is 1. The zero-order chi connectivity index (χ0) is 24.2. The molecule has 0 radical (unpaired) electrons. The maximum atomic E-state index is 14.8. The average molecular weight is 464 g/mol. The highest BCUT2D eigenvalue weighted by atomic mass is 19.1. The molecule has 3 aromatic carbocycles. The summed E-state index contributed by atoms with van der Waals surface area (Å²) in [6.07, 6.45) is 1.08. The number of rotatable bonds is 8. The van der Waals surface area contributed by atoms with Crippen LogP contribution in [0.2, 0.25) is 0 Å². The van der Waals surface area contributed by atoms with Crippen LogP contribution >= 0.6 is 0 Å². The second-order valence-corrected chi connectivity index (χ2v) is 7.11. The zero-order valence-electron chi connectivity index (χ0n) is 17.7. The molecule has 1 heterocycles. The van der Waals surface area contributed by atoms with E-state index in [9.17, 15) is 19.3 Å². The minimum atomic E-state index is -0.973. The lowest BCUT2D eigenvalue weighted by atomic mass is 10.1. The molecule has 0 fully saturated rings. The lowest BCUT2D eigenvalue weighted by Crippen LogP contribution is -2.01. The summed E-state index contributed by atoms with van der Waals surface area (Å²) >= 11 is 0. The fourth-order valence-corrected chi connectivity index (χ4v) is 3.30. The molecule has 10 nitrogen and oxygen atoms in total. The molecule has 0 atom stereocenters. The van der Waals surface area contributed by atoms with E-state index < -0.39 is 16.7 Å². The molecule has 0 spiro atoms. The number of hydrogen-bond acceptors (Lipinski definition) is 8. The third-order valence-corrected chi connectivity index (χ3v) is 4.82. The van der Waals surface area contributed by atoms with Crippen molar-refractivity contribution < 1.29 is 28.7 Å². The summed E-state index contributed by atoms with van der Waals surface area (Å²) in [4.78, 5) is 29.9. The number of fused-ring (bicyclic) bond motifs is 1. The van der Waals surface area contributed by atoms with E-state index in [1.807, 2.05) is 0 Å². The van der Waals surface area contributed by atoms with Crippen molar-refractivity contribution in [2.75, 3.05) is 12.4 Å². The van der Waals surface area contributed by atoms with Crippen molar-refractivity contribution in [3.8, 4) is 17.2 Å². The van der Waals surface area contributed by atoms with E-state index in [-0.39, 0.29) is 35.1 Å². The van der Waals surface area contributed by atoms with Crippen molar-refractivity contribution in [1.29, 1.82) is 0 Å². The van der Waals surface area contributed by atoms with Crippen LogP contribution in [0.3, 0.4) is 0 Å². The smallest absolute Gasteiger partial charge is 0.311 e. The molecule has 0 aliphatic heterocycles. The van der Waals surface area contributed by atoms with Gasteiger partial charge in [0.1, 0.15) is 29.5 Å². The van der Waals surface area contributed by atoms with Gasteiger partial charge in [-0.2, -0.15) is 0 Å². The minimum absolute atomic E-state index is 0.0438. The maximum Gasteiger partial charge on any atom is 0.311 e. The summed E-state index contributed by atoms with van der Waals surface area (Å²) in [6, 6.07) is 13.3. The number of hydrogen-bond donors (Lipinski definition) is 2. The Bertz CT molecular complexity index is 1410. The van der Waals surface area contributed by atoms with Gasteiger partial charge in [0, 0.05) is 18.2 Å². The first-order chi connectivity index (χ1) is 16.3. The third-order valence-electron chi connectivity index (χ3n) is 4.82. The third kappa shape index (κ3) is 4.83. The van der Waals surface area contributed by atoms with E-state index in [2.05, 4.69) is 15.3 Å². The number of nitrogens with zero attached hydrogens (tertiary/aromatic N) is 3. The van der Waals surface area contributed by atoms with Crippen molar-refractivity contribution >= 4 is 34.1 Å². The van der Waals surface area contributed by atoms with Crippen LogP contribution in [0.15, 0.2) is 60.9 Å². The van der Waals surface area contributed by atoms with E-state index in [1.54, 1.807) is 24.3 Å². The van der Waals surface area contributed by atoms with Gasteiger partial charge in [0.15, 0.2) is 5.75 Å². The number of benzene rings is 3. The Balaban J connectivity index is 1.60. The van der Waals surface area contributed by atoms with E-state index in [0.29, 0.717) is 22.2 Å². The second-order valence-electron chi connectivity index (χ2n) is 7.11. The van der Waals surface area contributed by atoms with Gasteiger partial charge < -0.3 is 19.9 Å². The fraction of sp³-hybridized carbons (Fsp3) is 0.0870. The number of nitrogens with one attached hydrogen (secondary N) is 1. The molecule has 0 aliphatic carbocycles. The first-order valence-corrected chi connectivity index (χ1v) is 9.86. The average Bonchev–Trinajstić information content (AvgIpc) is 2.80. The predicted molar refractivity (Wildman–Crippen MR) is 120 cm³/mol. The number of ether oxygens (including phenoxy) is 2. The highest BCUT2D eigenvalue weighted by Crippen LogP contribution is 2.35. The first kappa shape index (κ1) is 22.4. The highest BCUT2D eigenvalue weighted by Gasteiger charge is 2.19. The number of aromatic nitrogens is 2. The second kappa shape index (κ2) is 9.36. The van der Waals surface area contributed by atoms with Crippen molar-refractivity contribution in [3.63, 3.8) is 0 Å². The zero-order valence-corrected chi connectivity index (χ0v) is 17.7. The molecule has 34 heavy (non-hydrogen) atoms. The number of carboxylic acids is 1. The summed E-state index contributed by atoms with van der Waals surface area (Å²) in [5, 5.41) is 23.4. The topological polar surface area (TPSA) is 137 Å². The quantitative estimate of drug-likeness (QED) is 0.277. The van der Waals surface area contributed by atoms with Gasteiger partial charge in [-0.25, -0.2) is 14.4 Å². The van der Waals surface area contributed by atoms with E-state index in [4.69, 9.17) is 14.6 Å². The number of nitro groups is 1. The van der Waals surface area contributed by atoms with Crippen LogP contribution in [-0.4, -0.2) is 33.1 Å². The normalized spacial score (nSPS) is 10.6. The van der Waals surface area contributed by atoms with Gasteiger partial charge in [-0.1, -0.05) is 12.1 Å². The highest BCUT2D eigenvalue weighted by molar-refractivity contribution is 5.93. The molecule has 172 valence electrons. The van der Waals surface area contributed by atoms with Gasteiger partial charge in [0.25, 0.3) is 0 Å². The Morgan fingerprint density at radius 1 is 1.15 bits per heavy atom. The van der Waals surface area contributed by atoms with Crippen molar-refractivity contribution in [2.45, 2.75) is 6.42 Å². The molecule has 1 aromatic heterocycles. The molecule has 4 aromatic rings. The monoisotopic (exact) mass is 464 g/mol. The van der Waals surface area contributed by atoms with Gasteiger partial charge >= 0.3 is 11.7 Å². The number of nitro benzene ring substituents is 1. The summed E-state index contributed by atoms with van der Waals surface area (Å²) in [7, 11) is 1.32. The Labute approximate surface area is 191 Å². The first-order valence-electron chi connectivity index (χ1n) is 9.86. The summed E-state index contributed by atoms with van der Waals surface area (Å²) in [5.74, 6) is -0.856. The van der Waals surface area contributed by atoms with E-state index in [1.165, 1.54) is 37.7 Å². The molecule has 4 rings (SSSR count). The summed E-state index contributed by atoms with van der Waals surface area (Å²) < 4.78 is 25.5. The Morgan fingerprint density at radius 3 is 2.65 bits per heavy atom. The van der Waals surface area contributed by atoms with Crippen LogP contribution in [0, 0.1) is 15.9 Å². The Hall–Kier alpha value is -4.80. The molecule has 0 unspecified atom stereocenters. The summed E-state index contributed by atoms with van der Waals surface area (Å²) in [6.45, 7) is 0. The lowest BCUT2D eigenvalue weighted by molar-refractivity contribution is -0.385.